The van der Waals surface area contributed by atoms with Crippen LogP contribution in [0.25, 0.3) is 0 Å². The van der Waals surface area contributed by atoms with Crippen LogP contribution in [-0.4, -0.2) is 41.6 Å². The Morgan fingerprint density at radius 2 is 1.87 bits per heavy atom. The fraction of sp³-hybridized carbons (Fsp3) is 0.800. The Balaban J connectivity index is 4.58. The molecule has 1 atom stereocenters. The van der Waals surface area contributed by atoms with E-state index in [9.17, 15) is 9.59 Å². The van der Waals surface area contributed by atoms with Gasteiger partial charge in [-0.2, -0.15) is 0 Å². The van der Waals surface area contributed by atoms with Gasteiger partial charge in [-0.1, -0.05) is 20.8 Å². The van der Waals surface area contributed by atoms with Gasteiger partial charge in [-0.15, -0.1) is 0 Å². The second kappa shape index (κ2) is 5.00. The van der Waals surface area contributed by atoms with Crippen LogP contribution in [0.4, 0.5) is 4.79 Å². The van der Waals surface area contributed by atoms with Gasteiger partial charge in [0.25, 0.3) is 0 Å². The van der Waals surface area contributed by atoms with Crippen molar-refractivity contribution in [1.29, 1.82) is 0 Å². The standard InChI is InChI=1S/C10H20N2O3/c1-6-12(5)9(15)11-7(8(13)14)10(2,3)4/h7H,6H2,1-5H3,(H,11,15)(H,13,14). The van der Waals surface area contributed by atoms with Gasteiger partial charge >= 0.3 is 12.0 Å². The molecule has 0 aliphatic heterocycles. The fourth-order valence-electron chi connectivity index (χ4n) is 1.03. The lowest BCUT2D eigenvalue weighted by Gasteiger charge is -2.29. The molecule has 2 N–H and O–H groups in total. The summed E-state index contributed by atoms with van der Waals surface area (Å²) in [4.78, 5) is 23.9. The number of aliphatic carboxylic acids is 1. The van der Waals surface area contributed by atoms with Crippen LogP contribution < -0.4 is 5.32 Å². The third-order valence-corrected chi connectivity index (χ3v) is 2.20. The molecule has 0 saturated carbocycles. The second-order valence-corrected chi connectivity index (χ2v) is 4.60. The van der Waals surface area contributed by atoms with E-state index in [0.29, 0.717) is 6.54 Å². The minimum atomic E-state index is -1.01. The van der Waals surface area contributed by atoms with E-state index in [0.717, 1.165) is 0 Å². The van der Waals surface area contributed by atoms with Crippen LogP contribution in [0.3, 0.4) is 0 Å². The van der Waals surface area contributed by atoms with Crippen molar-refractivity contribution < 1.29 is 14.7 Å². The molecule has 0 heterocycles. The largest absolute Gasteiger partial charge is 0.480 e. The van der Waals surface area contributed by atoms with Crippen LogP contribution in [0.15, 0.2) is 0 Å². The number of urea groups is 1. The van der Waals surface area contributed by atoms with E-state index in [2.05, 4.69) is 5.32 Å². The van der Waals surface area contributed by atoms with Crippen LogP contribution in [0, 0.1) is 5.41 Å². The number of hydrogen-bond donors (Lipinski definition) is 2. The van der Waals surface area contributed by atoms with Gasteiger partial charge in [-0.3, -0.25) is 0 Å². The molecule has 1 unspecified atom stereocenters. The number of hydrogen-bond acceptors (Lipinski definition) is 2. The summed E-state index contributed by atoms with van der Waals surface area (Å²) >= 11 is 0. The number of carbonyl (C=O) groups is 2. The first-order chi connectivity index (χ1) is 6.70. The molecule has 0 saturated heterocycles. The molecule has 5 heteroatoms. The predicted molar refractivity (Wildman–Crippen MR) is 57.7 cm³/mol. The number of amides is 2. The zero-order valence-corrected chi connectivity index (χ0v) is 10.00. The van der Waals surface area contributed by atoms with Gasteiger partial charge < -0.3 is 15.3 Å². The summed E-state index contributed by atoms with van der Waals surface area (Å²) in [5.41, 5.74) is -0.504. The van der Waals surface area contributed by atoms with E-state index in [1.54, 1.807) is 27.8 Å². The van der Waals surface area contributed by atoms with E-state index in [4.69, 9.17) is 5.11 Å². The molecule has 0 rings (SSSR count). The lowest BCUT2D eigenvalue weighted by atomic mass is 9.87. The maximum absolute atomic E-state index is 11.5. The Kier molecular flexibility index (Phi) is 4.58. The van der Waals surface area contributed by atoms with Crippen molar-refractivity contribution in [2.75, 3.05) is 13.6 Å². The first-order valence-corrected chi connectivity index (χ1v) is 4.94. The van der Waals surface area contributed by atoms with E-state index in [1.165, 1.54) is 4.90 Å². The highest BCUT2D eigenvalue weighted by molar-refractivity contribution is 5.83. The maximum Gasteiger partial charge on any atom is 0.326 e. The molecule has 15 heavy (non-hydrogen) atoms. The summed E-state index contributed by atoms with van der Waals surface area (Å²) in [6.45, 7) is 7.70. The summed E-state index contributed by atoms with van der Waals surface area (Å²) in [6.07, 6.45) is 0. The van der Waals surface area contributed by atoms with Gasteiger partial charge in [0.15, 0.2) is 0 Å². The number of carboxylic acid groups (broad SMARTS) is 1. The number of carbonyl (C=O) groups excluding carboxylic acids is 1. The number of nitrogens with one attached hydrogen (secondary N) is 1. The van der Waals surface area contributed by atoms with Crippen molar-refractivity contribution in [2.24, 2.45) is 5.41 Å². The first-order valence-electron chi connectivity index (χ1n) is 4.94. The first kappa shape index (κ1) is 13.7. The van der Waals surface area contributed by atoms with Crippen molar-refractivity contribution in [2.45, 2.75) is 33.7 Å². The minimum Gasteiger partial charge on any atom is -0.480 e. The average Bonchev–Trinajstić information content (AvgIpc) is 2.09. The van der Waals surface area contributed by atoms with Crippen LogP contribution >= 0.6 is 0 Å². The third-order valence-electron chi connectivity index (χ3n) is 2.20. The lowest BCUT2D eigenvalue weighted by molar-refractivity contribution is -0.142. The highest BCUT2D eigenvalue weighted by Gasteiger charge is 2.33. The monoisotopic (exact) mass is 216 g/mol. The van der Waals surface area contributed by atoms with E-state index in [-0.39, 0.29) is 6.03 Å². The summed E-state index contributed by atoms with van der Waals surface area (Å²) in [7, 11) is 1.62. The molecule has 0 aliphatic carbocycles. The average molecular weight is 216 g/mol. The van der Waals surface area contributed by atoms with E-state index < -0.39 is 17.4 Å². The molecular weight excluding hydrogens is 196 g/mol. The molecule has 2 amide bonds. The van der Waals surface area contributed by atoms with Crippen molar-refractivity contribution >= 4 is 12.0 Å². The van der Waals surface area contributed by atoms with Gasteiger partial charge in [-0.05, 0) is 12.3 Å². The molecule has 0 radical (unpaired) electrons. The van der Waals surface area contributed by atoms with Crippen molar-refractivity contribution in [3.8, 4) is 0 Å². The highest BCUT2D eigenvalue weighted by Crippen LogP contribution is 2.19. The van der Waals surface area contributed by atoms with Crippen LogP contribution in [0.1, 0.15) is 27.7 Å². The molecule has 0 aromatic carbocycles. The predicted octanol–water partition coefficient (Wildman–Crippen LogP) is 1.15. The van der Waals surface area contributed by atoms with Crippen molar-refractivity contribution in [1.82, 2.24) is 10.2 Å². The van der Waals surface area contributed by atoms with Gasteiger partial charge in [-0.25, -0.2) is 9.59 Å². The van der Waals surface area contributed by atoms with Gasteiger partial charge in [0.05, 0.1) is 0 Å². The molecule has 88 valence electrons. The molecule has 0 spiro atoms. The SMILES string of the molecule is CCN(C)C(=O)NC(C(=O)O)C(C)(C)C. The molecule has 0 aromatic rings. The Morgan fingerprint density at radius 1 is 1.40 bits per heavy atom. The Bertz CT molecular complexity index is 246. The minimum absolute atomic E-state index is 0.361. The number of nitrogens with zero attached hydrogens (tertiary/aromatic N) is 1. The van der Waals surface area contributed by atoms with Crippen LogP contribution in [0.2, 0.25) is 0 Å². The van der Waals surface area contributed by atoms with Crippen molar-refractivity contribution in [3.05, 3.63) is 0 Å². The zero-order valence-electron chi connectivity index (χ0n) is 10.00. The van der Waals surface area contributed by atoms with Gasteiger partial charge in [0, 0.05) is 13.6 Å². The maximum atomic E-state index is 11.5. The number of carboxylic acids is 1. The Labute approximate surface area is 90.5 Å². The van der Waals surface area contributed by atoms with Crippen molar-refractivity contribution in [3.63, 3.8) is 0 Å². The number of rotatable bonds is 3. The molecule has 0 aliphatic rings. The lowest BCUT2D eigenvalue weighted by Crippen LogP contribution is -2.52. The molecule has 5 nitrogen and oxygen atoms in total. The normalized spacial score (nSPS) is 13.1. The third kappa shape index (κ3) is 4.18. The molecular formula is C10H20N2O3. The zero-order chi connectivity index (χ0) is 12.2. The second-order valence-electron chi connectivity index (χ2n) is 4.60. The quantitative estimate of drug-likeness (QED) is 0.743. The summed E-state index contributed by atoms with van der Waals surface area (Å²) in [5, 5.41) is 11.5. The summed E-state index contributed by atoms with van der Waals surface area (Å²) in [6, 6.07) is -1.24. The molecule has 0 bridgehead atoms. The van der Waals surface area contributed by atoms with E-state index >= 15 is 0 Å². The summed E-state index contributed by atoms with van der Waals surface area (Å²) < 4.78 is 0. The van der Waals surface area contributed by atoms with Crippen LogP contribution in [-0.2, 0) is 4.79 Å². The summed E-state index contributed by atoms with van der Waals surface area (Å²) in [5.74, 6) is -1.01. The van der Waals surface area contributed by atoms with E-state index in [1.807, 2.05) is 6.92 Å². The molecule has 0 aromatic heterocycles. The fourth-order valence-corrected chi connectivity index (χ4v) is 1.03. The highest BCUT2D eigenvalue weighted by atomic mass is 16.4. The van der Waals surface area contributed by atoms with Crippen LogP contribution in [0.5, 0.6) is 0 Å². The molecule has 0 fully saturated rings. The Hall–Kier alpha value is -1.26. The Morgan fingerprint density at radius 3 is 2.13 bits per heavy atom. The van der Waals surface area contributed by atoms with Gasteiger partial charge in [0.2, 0.25) is 0 Å². The van der Waals surface area contributed by atoms with Gasteiger partial charge in [0.1, 0.15) is 6.04 Å². The smallest absolute Gasteiger partial charge is 0.326 e. The topological polar surface area (TPSA) is 69.6 Å².